The average Bonchev–Trinajstić information content (AvgIpc) is 3.11. The molecule has 152 valence electrons. The molecule has 0 atom stereocenters. The molecule has 1 amide bonds. The first kappa shape index (κ1) is 19.5. The van der Waals surface area contributed by atoms with Gasteiger partial charge in [-0.2, -0.15) is 0 Å². The first-order chi connectivity index (χ1) is 13.6. The molecule has 2 aromatic heterocycles. The number of rotatable bonds is 5. The molecule has 0 unspecified atom stereocenters. The molecule has 8 heteroatoms. The molecule has 0 spiro atoms. The number of amides is 1. The van der Waals surface area contributed by atoms with Gasteiger partial charge in [-0.05, 0) is 32.6 Å². The Morgan fingerprint density at radius 2 is 1.71 bits per heavy atom. The number of aryl methyl sites for hydroxylation is 1. The van der Waals surface area contributed by atoms with Crippen molar-refractivity contribution in [1.29, 1.82) is 0 Å². The van der Waals surface area contributed by atoms with Crippen molar-refractivity contribution in [2.24, 2.45) is 0 Å². The SMILES string of the molecule is Cc1cc2nnc(SCC(=O)N(C3CCCCC3)C3CCCCC3)n2c(N)n1. The second-order valence-corrected chi connectivity index (χ2v) is 9.05. The van der Waals surface area contributed by atoms with E-state index in [1.54, 1.807) is 4.40 Å². The van der Waals surface area contributed by atoms with Crippen LogP contribution in [0, 0.1) is 6.92 Å². The second-order valence-electron chi connectivity index (χ2n) is 8.11. The largest absolute Gasteiger partial charge is 0.369 e. The highest BCUT2D eigenvalue weighted by atomic mass is 32.2. The zero-order valence-corrected chi connectivity index (χ0v) is 17.5. The van der Waals surface area contributed by atoms with Gasteiger partial charge in [0.15, 0.2) is 10.8 Å². The van der Waals surface area contributed by atoms with E-state index in [1.807, 2.05) is 13.0 Å². The fourth-order valence-corrected chi connectivity index (χ4v) is 5.57. The molecule has 7 nitrogen and oxygen atoms in total. The normalized spacial score (nSPS) is 19.2. The molecule has 2 heterocycles. The molecule has 28 heavy (non-hydrogen) atoms. The molecule has 2 aliphatic carbocycles. The van der Waals surface area contributed by atoms with Crippen molar-refractivity contribution in [3.05, 3.63) is 11.8 Å². The molecular weight excluding hydrogens is 372 g/mol. The average molecular weight is 403 g/mol. The van der Waals surface area contributed by atoms with Crippen molar-refractivity contribution in [3.8, 4) is 0 Å². The van der Waals surface area contributed by atoms with Crippen LogP contribution in [-0.2, 0) is 4.79 Å². The number of aromatic nitrogens is 4. The number of fused-ring (bicyclic) bond motifs is 1. The molecular formula is C20H30N6OS. The highest BCUT2D eigenvalue weighted by molar-refractivity contribution is 7.99. The zero-order valence-electron chi connectivity index (χ0n) is 16.6. The predicted octanol–water partition coefficient (Wildman–Crippen LogP) is 3.60. The van der Waals surface area contributed by atoms with E-state index in [0.717, 1.165) is 31.4 Å². The molecule has 0 radical (unpaired) electrons. The van der Waals surface area contributed by atoms with Gasteiger partial charge in [-0.15, -0.1) is 10.2 Å². The molecule has 2 saturated carbocycles. The van der Waals surface area contributed by atoms with Crippen molar-refractivity contribution in [2.45, 2.75) is 88.4 Å². The fraction of sp³-hybridized carbons (Fsp3) is 0.700. The summed E-state index contributed by atoms with van der Waals surface area (Å²) in [5, 5.41) is 9.07. The Labute approximate surface area is 170 Å². The molecule has 0 bridgehead atoms. The minimum absolute atomic E-state index is 0.235. The van der Waals surface area contributed by atoms with Gasteiger partial charge in [0.05, 0.1) is 5.75 Å². The second kappa shape index (κ2) is 8.68. The first-order valence-corrected chi connectivity index (χ1v) is 11.5. The van der Waals surface area contributed by atoms with Crippen LogP contribution < -0.4 is 5.73 Å². The van der Waals surface area contributed by atoms with E-state index in [1.165, 1.54) is 50.3 Å². The van der Waals surface area contributed by atoms with Crippen LogP contribution in [0.25, 0.3) is 5.65 Å². The number of nitrogens with two attached hydrogens (primary N) is 1. The topological polar surface area (TPSA) is 89.4 Å². The lowest BCUT2D eigenvalue weighted by molar-refractivity contribution is -0.135. The third-order valence-electron chi connectivity index (χ3n) is 6.07. The van der Waals surface area contributed by atoms with Crippen LogP contribution in [0.5, 0.6) is 0 Å². The number of hydrogen-bond donors (Lipinski definition) is 1. The molecule has 2 N–H and O–H groups in total. The van der Waals surface area contributed by atoms with E-state index in [0.29, 0.717) is 34.6 Å². The highest BCUT2D eigenvalue weighted by Gasteiger charge is 2.32. The predicted molar refractivity (Wildman–Crippen MR) is 111 cm³/mol. The maximum absolute atomic E-state index is 13.3. The van der Waals surface area contributed by atoms with E-state index < -0.39 is 0 Å². The van der Waals surface area contributed by atoms with Gasteiger partial charge in [0, 0.05) is 23.8 Å². The Kier molecular flexibility index (Phi) is 6.04. The molecule has 4 rings (SSSR count). The summed E-state index contributed by atoms with van der Waals surface area (Å²) in [5.74, 6) is 0.978. The molecule has 2 aliphatic rings. The summed E-state index contributed by atoms with van der Waals surface area (Å²) in [6, 6.07) is 2.68. The maximum atomic E-state index is 13.3. The van der Waals surface area contributed by atoms with E-state index in [-0.39, 0.29) is 5.91 Å². The summed E-state index contributed by atoms with van der Waals surface area (Å²) in [4.78, 5) is 19.9. The number of nitrogens with zero attached hydrogens (tertiary/aromatic N) is 5. The van der Waals surface area contributed by atoms with Crippen LogP contribution in [0.1, 0.15) is 69.9 Å². The quantitative estimate of drug-likeness (QED) is 0.769. The Morgan fingerprint density at radius 3 is 2.32 bits per heavy atom. The number of carbonyl (C=O) groups excluding carboxylic acids is 1. The Balaban J connectivity index is 1.49. The van der Waals surface area contributed by atoms with E-state index >= 15 is 0 Å². The van der Waals surface area contributed by atoms with Crippen LogP contribution in [0.4, 0.5) is 5.95 Å². The van der Waals surface area contributed by atoms with Crippen LogP contribution in [-0.4, -0.2) is 48.2 Å². The fourth-order valence-electron chi connectivity index (χ4n) is 4.76. The molecule has 2 fully saturated rings. The third kappa shape index (κ3) is 4.11. The Hall–Kier alpha value is -1.83. The lowest BCUT2D eigenvalue weighted by Gasteiger charge is -2.41. The van der Waals surface area contributed by atoms with E-state index in [9.17, 15) is 4.79 Å². The standard InChI is InChI=1S/C20H30N6OS/c1-14-12-17-23-24-20(26(17)19(21)22-14)28-13-18(27)25(15-8-4-2-5-9-15)16-10-6-3-7-11-16/h12,15-16H,2-11,13H2,1H3,(H2,21,22). The van der Waals surface area contributed by atoms with Crippen LogP contribution in [0.15, 0.2) is 11.2 Å². The summed E-state index contributed by atoms with van der Waals surface area (Å²) < 4.78 is 1.73. The number of hydrogen-bond acceptors (Lipinski definition) is 6. The lowest BCUT2D eigenvalue weighted by atomic mass is 9.88. The first-order valence-electron chi connectivity index (χ1n) is 10.6. The number of carbonyl (C=O) groups is 1. The van der Waals surface area contributed by atoms with Crippen LogP contribution in [0.3, 0.4) is 0 Å². The summed E-state index contributed by atoms with van der Waals surface area (Å²) in [6.45, 7) is 1.88. The summed E-state index contributed by atoms with van der Waals surface area (Å²) in [7, 11) is 0. The monoisotopic (exact) mass is 402 g/mol. The van der Waals surface area contributed by atoms with Gasteiger partial charge < -0.3 is 10.6 Å². The zero-order chi connectivity index (χ0) is 19.5. The van der Waals surface area contributed by atoms with E-state index in [4.69, 9.17) is 5.73 Å². The molecule has 0 aliphatic heterocycles. The van der Waals surface area contributed by atoms with Gasteiger partial charge >= 0.3 is 0 Å². The van der Waals surface area contributed by atoms with Gasteiger partial charge in [0.2, 0.25) is 11.9 Å². The summed E-state index contributed by atoms with van der Waals surface area (Å²) in [6.07, 6.45) is 12.2. The van der Waals surface area contributed by atoms with Gasteiger partial charge in [-0.1, -0.05) is 50.3 Å². The summed E-state index contributed by atoms with van der Waals surface area (Å²) in [5.41, 5.74) is 7.55. The van der Waals surface area contributed by atoms with Crippen molar-refractivity contribution in [3.63, 3.8) is 0 Å². The Morgan fingerprint density at radius 1 is 1.11 bits per heavy atom. The number of nitrogen functional groups attached to an aromatic ring is 1. The minimum Gasteiger partial charge on any atom is -0.369 e. The van der Waals surface area contributed by atoms with Crippen molar-refractivity contribution in [2.75, 3.05) is 11.5 Å². The smallest absolute Gasteiger partial charge is 0.233 e. The van der Waals surface area contributed by atoms with Crippen LogP contribution >= 0.6 is 11.8 Å². The molecule has 0 aromatic carbocycles. The lowest BCUT2D eigenvalue weighted by Crippen LogP contribution is -2.49. The highest BCUT2D eigenvalue weighted by Crippen LogP contribution is 2.31. The van der Waals surface area contributed by atoms with E-state index in [2.05, 4.69) is 20.1 Å². The molecule has 2 aromatic rings. The third-order valence-corrected chi connectivity index (χ3v) is 6.98. The minimum atomic E-state index is 0.235. The van der Waals surface area contributed by atoms with Crippen LogP contribution in [0.2, 0.25) is 0 Å². The van der Waals surface area contributed by atoms with Gasteiger partial charge in [-0.3, -0.25) is 4.79 Å². The summed E-state index contributed by atoms with van der Waals surface area (Å²) >= 11 is 1.42. The van der Waals surface area contributed by atoms with Crippen molar-refractivity contribution >= 4 is 29.3 Å². The van der Waals surface area contributed by atoms with Gasteiger partial charge in [-0.25, -0.2) is 9.38 Å². The van der Waals surface area contributed by atoms with Gasteiger partial charge in [0.25, 0.3) is 0 Å². The molecule has 0 saturated heterocycles. The number of anilines is 1. The van der Waals surface area contributed by atoms with Gasteiger partial charge in [0.1, 0.15) is 0 Å². The Bertz CT molecular complexity index is 807. The van der Waals surface area contributed by atoms with Crippen molar-refractivity contribution in [1.82, 2.24) is 24.5 Å². The maximum Gasteiger partial charge on any atom is 0.233 e. The van der Waals surface area contributed by atoms with Crippen molar-refractivity contribution < 1.29 is 4.79 Å². The number of thioether (sulfide) groups is 1.